The molecule has 0 spiro atoms. The van der Waals surface area contributed by atoms with Crippen LogP contribution in [0.5, 0.6) is 5.75 Å². The SMILES string of the molecule is COc1ccccc1CCC(=O)N1CCOC(Cc2cccc(F)c2)C1. The van der Waals surface area contributed by atoms with E-state index in [2.05, 4.69) is 0 Å². The summed E-state index contributed by atoms with van der Waals surface area (Å²) < 4.78 is 24.4. The number of morpholine rings is 1. The van der Waals surface area contributed by atoms with E-state index in [4.69, 9.17) is 9.47 Å². The van der Waals surface area contributed by atoms with Crippen LogP contribution in [0.4, 0.5) is 4.39 Å². The predicted molar refractivity (Wildman–Crippen MR) is 97.7 cm³/mol. The molecule has 0 bridgehead atoms. The second kappa shape index (κ2) is 8.81. The second-order valence-electron chi connectivity index (χ2n) is 6.48. The van der Waals surface area contributed by atoms with Crippen molar-refractivity contribution >= 4 is 5.91 Å². The van der Waals surface area contributed by atoms with Crippen LogP contribution in [0.1, 0.15) is 17.5 Å². The molecule has 0 aromatic heterocycles. The molecule has 26 heavy (non-hydrogen) atoms. The Morgan fingerprint density at radius 3 is 2.92 bits per heavy atom. The molecule has 1 saturated heterocycles. The van der Waals surface area contributed by atoms with Gasteiger partial charge in [0.05, 0.1) is 19.8 Å². The molecule has 1 amide bonds. The van der Waals surface area contributed by atoms with Crippen molar-refractivity contribution in [3.8, 4) is 5.75 Å². The van der Waals surface area contributed by atoms with Crippen molar-refractivity contribution in [2.24, 2.45) is 0 Å². The zero-order valence-corrected chi connectivity index (χ0v) is 15.0. The fourth-order valence-corrected chi connectivity index (χ4v) is 3.31. The van der Waals surface area contributed by atoms with E-state index in [-0.39, 0.29) is 17.8 Å². The van der Waals surface area contributed by atoms with Crippen molar-refractivity contribution in [1.82, 2.24) is 4.90 Å². The Labute approximate surface area is 153 Å². The maximum Gasteiger partial charge on any atom is 0.223 e. The maximum atomic E-state index is 13.3. The van der Waals surface area contributed by atoms with E-state index in [1.807, 2.05) is 35.2 Å². The van der Waals surface area contributed by atoms with Gasteiger partial charge in [0.1, 0.15) is 11.6 Å². The lowest BCUT2D eigenvalue weighted by molar-refractivity contribution is -0.138. The van der Waals surface area contributed by atoms with Crippen LogP contribution in [0.2, 0.25) is 0 Å². The van der Waals surface area contributed by atoms with Crippen LogP contribution in [0.3, 0.4) is 0 Å². The predicted octanol–water partition coefficient (Wildman–Crippen LogP) is 3.24. The molecule has 138 valence electrons. The standard InChI is InChI=1S/C21H24FNO3/c1-25-20-8-3-2-6-17(20)9-10-21(24)23-11-12-26-19(15-23)14-16-5-4-7-18(22)13-16/h2-8,13,19H,9-12,14-15H2,1H3. The minimum atomic E-state index is -0.247. The average molecular weight is 357 g/mol. The summed E-state index contributed by atoms with van der Waals surface area (Å²) in [4.78, 5) is 14.4. The third-order valence-electron chi connectivity index (χ3n) is 4.64. The second-order valence-corrected chi connectivity index (χ2v) is 6.48. The van der Waals surface area contributed by atoms with Gasteiger partial charge in [0, 0.05) is 25.9 Å². The van der Waals surface area contributed by atoms with E-state index in [0.717, 1.165) is 16.9 Å². The summed E-state index contributed by atoms with van der Waals surface area (Å²) >= 11 is 0. The Morgan fingerprint density at radius 2 is 2.12 bits per heavy atom. The van der Waals surface area contributed by atoms with Crippen LogP contribution in [-0.4, -0.2) is 43.7 Å². The van der Waals surface area contributed by atoms with Crippen molar-refractivity contribution in [3.63, 3.8) is 0 Å². The van der Waals surface area contributed by atoms with Crippen LogP contribution >= 0.6 is 0 Å². The van der Waals surface area contributed by atoms with Crippen LogP contribution < -0.4 is 4.74 Å². The van der Waals surface area contributed by atoms with Crippen molar-refractivity contribution in [3.05, 3.63) is 65.5 Å². The van der Waals surface area contributed by atoms with Crippen LogP contribution in [0.15, 0.2) is 48.5 Å². The Bertz CT molecular complexity index is 750. The number of rotatable bonds is 6. The number of amides is 1. The number of hydrogen-bond acceptors (Lipinski definition) is 3. The first-order valence-corrected chi connectivity index (χ1v) is 8.91. The molecular formula is C21H24FNO3. The summed E-state index contributed by atoms with van der Waals surface area (Å²) in [6.07, 6.45) is 1.59. The van der Waals surface area contributed by atoms with Gasteiger partial charge in [-0.25, -0.2) is 4.39 Å². The van der Waals surface area contributed by atoms with E-state index in [9.17, 15) is 9.18 Å². The number of hydrogen-bond donors (Lipinski definition) is 0. The Hall–Kier alpha value is -2.40. The molecule has 0 N–H and O–H groups in total. The molecule has 0 aliphatic carbocycles. The minimum absolute atomic E-state index is 0.0965. The summed E-state index contributed by atoms with van der Waals surface area (Å²) in [5, 5.41) is 0. The monoisotopic (exact) mass is 357 g/mol. The molecule has 1 atom stereocenters. The minimum Gasteiger partial charge on any atom is -0.496 e. The molecule has 1 heterocycles. The van der Waals surface area contributed by atoms with Gasteiger partial charge in [0.15, 0.2) is 0 Å². The highest BCUT2D eigenvalue weighted by molar-refractivity contribution is 5.76. The largest absolute Gasteiger partial charge is 0.496 e. The first-order chi connectivity index (χ1) is 12.7. The van der Waals surface area contributed by atoms with Gasteiger partial charge in [-0.15, -0.1) is 0 Å². The maximum absolute atomic E-state index is 13.3. The van der Waals surface area contributed by atoms with Crippen LogP contribution in [0.25, 0.3) is 0 Å². The average Bonchev–Trinajstić information content (AvgIpc) is 2.66. The summed E-state index contributed by atoms with van der Waals surface area (Å²) in [5.74, 6) is 0.678. The number of nitrogens with zero attached hydrogens (tertiary/aromatic N) is 1. The third kappa shape index (κ3) is 4.82. The van der Waals surface area contributed by atoms with E-state index in [1.165, 1.54) is 12.1 Å². The van der Waals surface area contributed by atoms with Crippen molar-refractivity contribution in [2.75, 3.05) is 26.8 Å². The lowest BCUT2D eigenvalue weighted by Gasteiger charge is -2.33. The molecule has 2 aromatic rings. The number of halogens is 1. The van der Waals surface area contributed by atoms with Crippen molar-refractivity contribution < 1.29 is 18.7 Å². The lowest BCUT2D eigenvalue weighted by Crippen LogP contribution is -2.46. The molecule has 0 saturated carbocycles. The van der Waals surface area contributed by atoms with Crippen LogP contribution in [0, 0.1) is 5.82 Å². The van der Waals surface area contributed by atoms with Crippen molar-refractivity contribution in [2.45, 2.75) is 25.4 Å². The zero-order chi connectivity index (χ0) is 18.4. The molecule has 1 aliphatic heterocycles. The number of ether oxygens (including phenoxy) is 2. The number of carbonyl (C=O) groups excluding carboxylic acids is 1. The van der Waals surface area contributed by atoms with Gasteiger partial charge in [0.2, 0.25) is 5.91 Å². The summed E-state index contributed by atoms with van der Waals surface area (Å²) in [6, 6.07) is 14.3. The molecular weight excluding hydrogens is 333 g/mol. The quantitative estimate of drug-likeness (QED) is 0.797. The number of benzene rings is 2. The van der Waals surface area contributed by atoms with E-state index in [1.54, 1.807) is 13.2 Å². The Balaban J connectivity index is 1.54. The number of para-hydroxylation sites is 1. The molecule has 1 unspecified atom stereocenters. The first-order valence-electron chi connectivity index (χ1n) is 8.91. The Morgan fingerprint density at radius 1 is 1.27 bits per heavy atom. The molecule has 3 rings (SSSR count). The molecule has 4 nitrogen and oxygen atoms in total. The van der Waals surface area contributed by atoms with Gasteiger partial charge in [-0.05, 0) is 35.7 Å². The highest BCUT2D eigenvalue weighted by Crippen LogP contribution is 2.20. The molecule has 1 aliphatic rings. The smallest absolute Gasteiger partial charge is 0.223 e. The molecule has 0 radical (unpaired) electrons. The van der Waals surface area contributed by atoms with Gasteiger partial charge in [0.25, 0.3) is 0 Å². The fraction of sp³-hybridized carbons (Fsp3) is 0.381. The lowest BCUT2D eigenvalue weighted by atomic mass is 10.1. The summed E-state index contributed by atoms with van der Waals surface area (Å²) in [6.45, 7) is 1.66. The van der Waals surface area contributed by atoms with Gasteiger partial charge in [-0.3, -0.25) is 4.79 Å². The molecule has 1 fully saturated rings. The van der Waals surface area contributed by atoms with Gasteiger partial charge in [-0.2, -0.15) is 0 Å². The summed E-state index contributed by atoms with van der Waals surface area (Å²) in [7, 11) is 1.64. The third-order valence-corrected chi connectivity index (χ3v) is 4.64. The molecule has 5 heteroatoms. The topological polar surface area (TPSA) is 38.8 Å². The normalized spacial score (nSPS) is 17.2. The highest BCUT2D eigenvalue weighted by atomic mass is 19.1. The van der Waals surface area contributed by atoms with Crippen molar-refractivity contribution in [1.29, 1.82) is 0 Å². The van der Waals surface area contributed by atoms with E-state index in [0.29, 0.717) is 39.0 Å². The van der Waals surface area contributed by atoms with Crippen LogP contribution in [-0.2, 0) is 22.4 Å². The van der Waals surface area contributed by atoms with E-state index < -0.39 is 0 Å². The van der Waals surface area contributed by atoms with E-state index >= 15 is 0 Å². The number of methoxy groups -OCH3 is 1. The number of carbonyl (C=O) groups is 1. The van der Waals surface area contributed by atoms with Gasteiger partial charge < -0.3 is 14.4 Å². The van der Waals surface area contributed by atoms with Gasteiger partial charge >= 0.3 is 0 Å². The first kappa shape index (κ1) is 18.4. The zero-order valence-electron chi connectivity index (χ0n) is 15.0. The molecule has 2 aromatic carbocycles. The van der Waals surface area contributed by atoms with Gasteiger partial charge in [-0.1, -0.05) is 30.3 Å². The fourth-order valence-electron chi connectivity index (χ4n) is 3.31. The summed E-state index contributed by atoms with van der Waals surface area (Å²) in [5.41, 5.74) is 1.92. The number of aryl methyl sites for hydroxylation is 1. The Kier molecular flexibility index (Phi) is 6.23. The highest BCUT2D eigenvalue weighted by Gasteiger charge is 2.24.